The zero-order valence-corrected chi connectivity index (χ0v) is 15.7. The molecule has 0 bridgehead atoms. The summed E-state index contributed by atoms with van der Waals surface area (Å²) in [6.45, 7) is 11.4. The largest absolute Gasteiger partial charge is 0.380 e. The lowest BCUT2D eigenvalue weighted by atomic mass is 10.0. The summed E-state index contributed by atoms with van der Waals surface area (Å²) in [6.07, 6.45) is 5.57. The van der Waals surface area contributed by atoms with Crippen molar-refractivity contribution in [2.75, 3.05) is 70.5 Å². The van der Waals surface area contributed by atoms with Crippen LogP contribution in [0.3, 0.4) is 0 Å². The topological polar surface area (TPSA) is 44.7 Å². The third kappa shape index (κ3) is 3.73. The highest BCUT2D eigenvalue weighted by atomic mass is 16.5. The molecule has 5 rings (SSSR count). The van der Waals surface area contributed by atoms with Crippen molar-refractivity contribution in [3.05, 3.63) is 18.1 Å². The van der Waals surface area contributed by atoms with Crippen LogP contribution in [0.1, 0.15) is 30.9 Å². The zero-order valence-electron chi connectivity index (χ0n) is 15.7. The molecule has 4 heterocycles. The van der Waals surface area contributed by atoms with E-state index in [1.54, 1.807) is 6.33 Å². The van der Waals surface area contributed by atoms with Gasteiger partial charge in [-0.3, -0.25) is 4.90 Å². The number of ether oxygens (including phenoxy) is 1. The maximum absolute atomic E-state index is 5.57. The molecule has 0 amide bonds. The highest BCUT2D eigenvalue weighted by Gasteiger charge is 2.40. The molecule has 6 nitrogen and oxygen atoms in total. The van der Waals surface area contributed by atoms with E-state index in [0.29, 0.717) is 5.92 Å². The minimum absolute atomic E-state index is 0.707. The van der Waals surface area contributed by atoms with Crippen molar-refractivity contribution in [2.45, 2.75) is 25.2 Å². The third-order valence-corrected chi connectivity index (χ3v) is 6.60. The first-order valence-electron chi connectivity index (χ1n) is 10.4. The minimum Gasteiger partial charge on any atom is -0.380 e. The summed E-state index contributed by atoms with van der Waals surface area (Å²) in [4.78, 5) is 16.8. The van der Waals surface area contributed by atoms with Gasteiger partial charge in [0.25, 0.3) is 0 Å². The van der Waals surface area contributed by atoms with Gasteiger partial charge in [-0.25, -0.2) is 9.97 Å². The third-order valence-electron chi connectivity index (χ3n) is 6.60. The first-order valence-corrected chi connectivity index (χ1v) is 10.4. The second-order valence-corrected chi connectivity index (χ2v) is 8.57. The molecule has 3 aliphatic heterocycles. The Morgan fingerprint density at radius 2 is 1.73 bits per heavy atom. The fourth-order valence-electron chi connectivity index (χ4n) is 4.90. The van der Waals surface area contributed by atoms with Gasteiger partial charge in [0, 0.05) is 76.6 Å². The van der Waals surface area contributed by atoms with E-state index in [2.05, 4.69) is 30.7 Å². The van der Waals surface area contributed by atoms with Gasteiger partial charge in [-0.15, -0.1) is 0 Å². The smallest absolute Gasteiger partial charge is 0.132 e. The molecule has 1 aromatic heterocycles. The van der Waals surface area contributed by atoms with Crippen molar-refractivity contribution in [1.82, 2.24) is 19.8 Å². The number of likely N-dealkylation sites (tertiary alicyclic amines) is 1. The van der Waals surface area contributed by atoms with Gasteiger partial charge < -0.3 is 14.5 Å². The Morgan fingerprint density at radius 1 is 0.923 bits per heavy atom. The SMILES string of the molecule is c1nc(C2CC2)cc(N2CC3CN(CCN4CCCOCC4)CC3C2)n1. The Morgan fingerprint density at radius 3 is 2.54 bits per heavy atom. The summed E-state index contributed by atoms with van der Waals surface area (Å²) in [5.41, 5.74) is 1.26. The molecule has 6 heteroatoms. The maximum atomic E-state index is 5.57. The predicted molar refractivity (Wildman–Crippen MR) is 102 cm³/mol. The van der Waals surface area contributed by atoms with Crippen molar-refractivity contribution in [1.29, 1.82) is 0 Å². The summed E-state index contributed by atoms with van der Waals surface area (Å²) >= 11 is 0. The Labute approximate surface area is 156 Å². The normalized spacial score (nSPS) is 30.5. The van der Waals surface area contributed by atoms with E-state index in [4.69, 9.17) is 4.74 Å². The van der Waals surface area contributed by atoms with Gasteiger partial charge in [0.15, 0.2) is 0 Å². The fourth-order valence-corrected chi connectivity index (χ4v) is 4.90. The lowest BCUT2D eigenvalue weighted by molar-refractivity contribution is 0.139. The monoisotopic (exact) mass is 357 g/mol. The number of rotatable bonds is 5. The zero-order chi connectivity index (χ0) is 17.3. The van der Waals surface area contributed by atoms with Gasteiger partial charge in [0.1, 0.15) is 12.1 Å². The molecule has 0 aromatic carbocycles. The van der Waals surface area contributed by atoms with Crippen LogP contribution in [-0.2, 0) is 4.74 Å². The molecule has 0 radical (unpaired) electrons. The van der Waals surface area contributed by atoms with Gasteiger partial charge in [0.05, 0.1) is 6.61 Å². The molecule has 1 saturated carbocycles. The molecule has 1 aliphatic carbocycles. The van der Waals surface area contributed by atoms with Crippen molar-refractivity contribution in [3.8, 4) is 0 Å². The quantitative estimate of drug-likeness (QED) is 0.795. The average molecular weight is 358 g/mol. The first kappa shape index (κ1) is 16.9. The Balaban J connectivity index is 1.12. The van der Waals surface area contributed by atoms with Crippen molar-refractivity contribution >= 4 is 5.82 Å². The van der Waals surface area contributed by atoms with Crippen LogP contribution in [0.4, 0.5) is 5.82 Å². The molecule has 142 valence electrons. The van der Waals surface area contributed by atoms with E-state index in [0.717, 1.165) is 37.4 Å². The average Bonchev–Trinajstić information content (AvgIpc) is 3.39. The Kier molecular flexibility index (Phi) is 4.82. The van der Waals surface area contributed by atoms with E-state index in [-0.39, 0.29) is 0 Å². The molecule has 4 aliphatic rings. The lowest BCUT2D eigenvalue weighted by Crippen LogP contribution is -2.37. The Bertz CT molecular complexity index is 600. The number of aromatic nitrogens is 2. The summed E-state index contributed by atoms with van der Waals surface area (Å²) in [5, 5.41) is 0. The van der Waals surface area contributed by atoms with E-state index < -0.39 is 0 Å². The molecular weight excluding hydrogens is 326 g/mol. The minimum atomic E-state index is 0.707. The molecular formula is C20H31N5O. The summed E-state index contributed by atoms with van der Waals surface area (Å²) in [5.74, 6) is 3.48. The van der Waals surface area contributed by atoms with Crippen molar-refractivity contribution in [3.63, 3.8) is 0 Å². The standard InChI is InChI=1S/C20H31N5O/c1-4-23(7-9-26-8-1)5-6-24-11-17-13-25(14-18(17)12-24)20-10-19(16-2-3-16)21-15-22-20/h10,15-18H,1-9,11-14H2. The van der Waals surface area contributed by atoms with Crippen LogP contribution in [0.15, 0.2) is 12.4 Å². The molecule has 0 N–H and O–H groups in total. The van der Waals surface area contributed by atoms with E-state index >= 15 is 0 Å². The summed E-state index contributed by atoms with van der Waals surface area (Å²) < 4.78 is 5.57. The van der Waals surface area contributed by atoms with Gasteiger partial charge in [-0.2, -0.15) is 0 Å². The number of fused-ring (bicyclic) bond motifs is 1. The van der Waals surface area contributed by atoms with E-state index in [1.165, 1.54) is 70.8 Å². The first-order chi connectivity index (χ1) is 12.8. The number of hydrogen-bond acceptors (Lipinski definition) is 6. The van der Waals surface area contributed by atoms with Gasteiger partial charge >= 0.3 is 0 Å². The fraction of sp³-hybridized carbons (Fsp3) is 0.800. The van der Waals surface area contributed by atoms with Crippen LogP contribution < -0.4 is 4.90 Å². The van der Waals surface area contributed by atoms with Gasteiger partial charge in [-0.05, 0) is 31.1 Å². The molecule has 1 aromatic rings. The lowest BCUT2D eigenvalue weighted by Gasteiger charge is -2.25. The van der Waals surface area contributed by atoms with Crippen LogP contribution in [0.25, 0.3) is 0 Å². The molecule has 26 heavy (non-hydrogen) atoms. The van der Waals surface area contributed by atoms with E-state index in [1.807, 2.05) is 0 Å². The molecule has 2 atom stereocenters. The van der Waals surface area contributed by atoms with Crippen molar-refractivity contribution in [2.24, 2.45) is 11.8 Å². The molecule has 3 saturated heterocycles. The summed E-state index contributed by atoms with van der Waals surface area (Å²) in [7, 11) is 0. The second kappa shape index (κ2) is 7.41. The number of hydrogen-bond donors (Lipinski definition) is 0. The molecule has 4 fully saturated rings. The Hall–Kier alpha value is -1.24. The van der Waals surface area contributed by atoms with Gasteiger partial charge in [-0.1, -0.05) is 0 Å². The van der Waals surface area contributed by atoms with E-state index in [9.17, 15) is 0 Å². The van der Waals surface area contributed by atoms with Gasteiger partial charge in [0.2, 0.25) is 0 Å². The predicted octanol–water partition coefficient (Wildman–Crippen LogP) is 1.44. The number of nitrogens with zero attached hydrogens (tertiary/aromatic N) is 5. The van der Waals surface area contributed by atoms with Crippen LogP contribution >= 0.6 is 0 Å². The van der Waals surface area contributed by atoms with Crippen LogP contribution in [0.5, 0.6) is 0 Å². The van der Waals surface area contributed by atoms with Crippen LogP contribution in [0.2, 0.25) is 0 Å². The highest BCUT2D eigenvalue weighted by Crippen LogP contribution is 2.40. The molecule has 0 spiro atoms. The summed E-state index contributed by atoms with van der Waals surface area (Å²) in [6, 6.07) is 2.25. The second-order valence-electron chi connectivity index (χ2n) is 8.57. The maximum Gasteiger partial charge on any atom is 0.132 e. The number of anilines is 1. The highest BCUT2D eigenvalue weighted by molar-refractivity contribution is 5.42. The molecule has 2 unspecified atom stereocenters. The van der Waals surface area contributed by atoms with Crippen LogP contribution in [0, 0.1) is 11.8 Å². The van der Waals surface area contributed by atoms with Crippen LogP contribution in [-0.4, -0.2) is 85.3 Å². The van der Waals surface area contributed by atoms with Crippen molar-refractivity contribution < 1.29 is 4.74 Å².